The highest BCUT2D eigenvalue weighted by Gasteiger charge is 2.52. The molecule has 0 aromatic carbocycles. The molecule has 3 heterocycles. The Bertz CT molecular complexity index is 735. The van der Waals surface area contributed by atoms with Gasteiger partial charge in [-0.1, -0.05) is 6.92 Å². The lowest BCUT2D eigenvalue weighted by atomic mass is 9.80. The van der Waals surface area contributed by atoms with Crippen molar-refractivity contribution in [3.05, 3.63) is 18.5 Å². The second-order valence-electron chi connectivity index (χ2n) is 8.15. The third-order valence-corrected chi connectivity index (χ3v) is 7.35. The van der Waals surface area contributed by atoms with Gasteiger partial charge in [-0.25, -0.2) is 8.42 Å². The highest BCUT2D eigenvalue weighted by Crippen LogP contribution is 2.36. The van der Waals surface area contributed by atoms with Crippen LogP contribution in [0.2, 0.25) is 0 Å². The molecule has 0 amide bonds. The first-order chi connectivity index (χ1) is 11.5. The second-order valence-corrected chi connectivity index (χ2v) is 10.1. The summed E-state index contributed by atoms with van der Waals surface area (Å²) in [6.07, 6.45) is 4.98. The topological polar surface area (TPSA) is 68.7 Å². The number of rotatable bonds is 3. The third kappa shape index (κ3) is 3.49. The van der Waals surface area contributed by atoms with Crippen LogP contribution in [0.4, 0.5) is 0 Å². The molecular weight excluding hydrogens is 339 g/mol. The zero-order valence-electron chi connectivity index (χ0n) is 15.7. The molecule has 2 aliphatic heterocycles. The molecule has 0 N–H and O–H groups in total. The van der Waals surface area contributed by atoms with Crippen LogP contribution in [0.3, 0.4) is 0 Å². The largest absolute Gasteiger partial charge is 0.496 e. The van der Waals surface area contributed by atoms with Crippen LogP contribution < -0.4 is 5.46 Å². The molecule has 1 aromatic heterocycles. The Labute approximate surface area is 151 Å². The van der Waals surface area contributed by atoms with E-state index in [0.29, 0.717) is 24.5 Å². The van der Waals surface area contributed by atoms with E-state index >= 15 is 0 Å². The Morgan fingerprint density at radius 1 is 1.20 bits per heavy atom. The fourth-order valence-electron chi connectivity index (χ4n) is 3.20. The minimum Gasteiger partial charge on any atom is -0.399 e. The van der Waals surface area contributed by atoms with Crippen LogP contribution in [-0.4, -0.2) is 49.1 Å². The minimum atomic E-state index is -3.54. The lowest BCUT2D eigenvalue weighted by Crippen LogP contribution is -2.41. The van der Waals surface area contributed by atoms with E-state index in [4.69, 9.17) is 9.31 Å². The molecule has 0 spiro atoms. The van der Waals surface area contributed by atoms with Crippen LogP contribution in [-0.2, 0) is 19.3 Å². The summed E-state index contributed by atoms with van der Waals surface area (Å²) in [5, 5.41) is 0. The van der Waals surface area contributed by atoms with Gasteiger partial charge in [0.05, 0.1) is 11.2 Å². The van der Waals surface area contributed by atoms with Crippen LogP contribution in [0, 0.1) is 5.92 Å². The van der Waals surface area contributed by atoms with Gasteiger partial charge >= 0.3 is 7.12 Å². The van der Waals surface area contributed by atoms with Gasteiger partial charge in [-0.05, 0) is 52.5 Å². The molecule has 1 unspecified atom stereocenters. The van der Waals surface area contributed by atoms with Crippen molar-refractivity contribution in [2.24, 2.45) is 5.92 Å². The molecule has 0 radical (unpaired) electrons. The molecule has 2 saturated heterocycles. The van der Waals surface area contributed by atoms with Crippen LogP contribution >= 0.6 is 0 Å². The van der Waals surface area contributed by atoms with Crippen molar-refractivity contribution in [2.45, 2.75) is 63.6 Å². The van der Waals surface area contributed by atoms with Gasteiger partial charge in [0.25, 0.3) is 0 Å². The average molecular weight is 366 g/mol. The van der Waals surface area contributed by atoms with Gasteiger partial charge in [0.15, 0.2) is 0 Å². The molecule has 138 valence electrons. The van der Waals surface area contributed by atoms with E-state index < -0.39 is 28.3 Å². The predicted octanol–water partition coefficient (Wildman–Crippen LogP) is 1.80. The molecule has 25 heavy (non-hydrogen) atoms. The Morgan fingerprint density at radius 3 is 2.44 bits per heavy atom. The van der Waals surface area contributed by atoms with E-state index in [1.165, 1.54) is 6.20 Å². The van der Waals surface area contributed by atoms with Crippen molar-refractivity contribution in [2.75, 3.05) is 13.1 Å². The van der Waals surface area contributed by atoms with Gasteiger partial charge in [0, 0.05) is 30.9 Å². The zero-order chi connectivity index (χ0) is 18.5. The first kappa shape index (κ1) is 18.8. The lowest BCUT2D eigenvalue weighted by Gasteiger charge is -2.32. The smallest absolute Gasteiger partial charge is 0.399 e. The summed E-state index contributed by atoms with van der Waals surface area (Å²) in [6.45, 7) is 11.1. The summed E-state index contributed by atoms with van der Waals surface area (Å²) >= 11 is 0. The van der Waals surface area contributed by atoms with Crippen LogP contribution in [0.5, 0.6) is 0 Å². The summed E-state index contributed by atoms with van der Waals surface area (Å²) < 4.78 is 39.5. The summed E-state index contributed by atoms with van der Waals surface area (Å²) in [5.74, 6) is 0.378. The van der Waals surface area contributed by atoms with E-state index in [1.807, 2.05) is 27.7 Å². The van der Waals surface area contributed by atoms with E-state index in [1.54, 1.807) is 16.6 Å². The maximum absolute atomic E-state index is 13.0. The van der Waals surface area contributed by atoms with Gasteiger partial charge in [-0.3, -0.25) is 4.98 Å². The fourth-order valence-corrected chi connectivity index (χ4v) is 4.80. The highest BCUT2D eigenvalue weighted by atomic mass is 32.2. The summed E-state index contributed by atoms with van der Waals surface area (Å²) in [6, 6.07) is 1.63. The van der Waals surface area contributed by atoms with Crippen molar-refractivity contribution in [3.63, 3.8) is 0 Å². The number of hydrogen-bond acceptors (Lipinski definition) is 5. The third-order valence-electron chi connectivity index (χ3n) is 5.52. The number of hydrogen-bond donors (Lipinski definition) is 0. The lowest BCUT2D eigenvalue weighted by molar-refractivity contribution is 0.00578. The molecular formula is C17H27BN2O4S. The fraction of sp³-hybridized carbons (Fsp3) is 0.706. The SMILES string of the molecule is CC1CCCN(S(=O)(=O)c2cncc(B3OC(C)(C)C(C)(C)O3)c2)C1. The molecule has 0 saturated carbocycles. The van der Waals surface area contributed by atoms with E-state index in [2.05, 4.69) is 11.9 Å². The predicted molar refractivity (Wildman–Crippen MR) is 97.1 cm³/mol. The van der Waals surface area contributed by atoms with E-state index in [9.17, 15) is 8.42 Å². The van der Waals surface area contributed by atoms with Crippen LogP contribution in [0.15, 0.2) is 23.4 Å². The molecule has 1 aromatic rings. The Kier molecular flexibility index (Phi) is 4.77. The number of sulfonamides is 1. The molecule has 3 rings (SSSR count). The average Bonchev–Trinajstić information content (AvgIpc) is 2.76. The summed E-state index contributed by atoms with van der Waals surface area (Å²) in [5.41, 5.74) is -0.325. The molecule has 6 nitrogen and oxygen atoms in total. The van der Waals surface area contributed by atoms with Crippen LogP contribution in [0.1, 0.15) is 47.5 Å². The standard InChI is InChI=1S/C17H27BN2O4S/c1-13-7-6-8-20(12-13)25(21,22)15-9-14(10-19-11-15)18-23-16(2,3)17(4,5)24-18/h9-11,13H,6-8,12H2,1-5H3. The molecule has 8 heteroatoms. The Hall–Kier alpha value is -0.955. The van der Waals surface area contributed by atoms with Gasteiger partial charge in [0.2, 0.25) is 10.0 Å². The molecule has 0 bridgehead atoms. The summed E-state index contributed by atoms with van der Waals surface area (Å²) in [4.78, 5) is 4.34. The molecule has 2 aliphatic rings. The number of nitrogens with zero attached hydrogens (tertiary/aromatic N) is 2. The minimum absolute atomic E-state index is 0.203. The second kappa shape index (κ2) is 6.34. The Morgan fingerprint density at radius 2 is 1.84 bits per heavy atom. The van der Waals surface area contributed by atoms with E-state index in [0.717, 1.165) is 12.8 Å². The van der Waals surface area contributed by atoms with Gasteiger partial charge in [0.1, 0.15) is 4.90 Å². The first-order valence-electron chi connectivity index (χ1n) is 8.84. The summed E-state index contributed by atoms with van der Waals surface area (Å²) in [7, 11) is -4.16. The van der Waals surface area contributed by atoms with Gasteiger partial charge in [-0.15, -0.1) is 0 Å². The number of aromatic nitrogens is 1. The van der Waals surface area contributed by atoms with Crippen LogP contribution in [0.25, 0.3) is 0 Å². The quantitative estimate of drug-likeness (QED) is 0.763. The first-order valence-corrected chi connectivity index (χ1v) is 10.3. The van der Waals surface area contributed by atoms with Crippen molar-refractivity contribution in [1.82, 2.24) is 9.29 Å². The number of pyridine rings is 1. The van der Waals surface area contributed by atoms with Crippen molar-refractivity contribution in [3.8, 4) is 0 Å². The van der Waals surface area contributed by atoms with Gasteiger partial charge in [-0.2, -0.15) is 4.31 Å². The number of piperidine rings is 1. The highest BCUT2D eigenvalue weighted by molar-refractivity contribution is 7.89. The molecule has 2 fully saturated rings. The molecule has 1 atom stereocenters. The van der Waals surface area contributed by atoms with Crippen molar-refractivity contribution < 1.29 is 17.7 Å². The zero-order valence-corrected chi connectivity index (χ0v) is 16.5. The Balaban J connectivity index is 1.87. The maximum Gasteiger partial charge on any atom is 0.496 e. The van der Waals surface area contributed by atoms with E-state index in [-0.39, 0.29) is 4.90 Å². The van der Waals surface area contributed by atoms with Crippen molar-refractivity contribution in [1.29, 1.82) is 0 Å². The van der Waals surface area contributed by atoms with Crippen molar-refractivity contribution >= 4 is 22.6 Å². The van der Waals surface area contributed by atoms with Gasteiger partial charge < -0.3 is 9.31 Å². The monoisotopic (exact) mass is 366 g/mol. The molecule has 0 aliphatic carbocycles. The normalized spacial score (nSPS) is 26.8. The maximum atomic E-state index is 13.0.